The Morgan fingerprint density at radius 2 is 2.22 bits per heavy atom. The number of nitrogens with zero attached hydrogens (tertiary/aromatic N) is 3. The molecule has 1 amide bonds. The maximum atomic E-state index is 12.7. The zero-order valence-corrected chi connectivity index (χ0v) is 15.7. The van der Waals surface area contributed by atoms with Crippen molar-refractivity contribution in [1.82, 2.24) is 20.3 Å². The van der Waals surface area contributed by atoms with Crippen molar-refractivity contribution in [2.75, 3.05) is 13.2 Å². The van der Waals surface area contributed by atoms with Crippen LogP contribution in [0.25, 0.3) is 10.2 Å². The Morgan fingerprint density at radius 1 is 1.41 bits per heavy atom. The lowest BCUT2D eigenvalue weighted by molar-refractivity contribution is -0.0140. The van der Waals surface area contributed by atoms with Gasteiger partial charge >= 0.3 is 0 Å². The van der Waals surface area contributed by atoms with Crippen LogP contribution in [0, 0.1) is 6.92 Å². The second-order valence-electron chi connectivity index (χ2n) is 6.63. The van der Waals surface area contributed by atoms with E-state index in [4.69, 9.17) is 4.74 Å². The standard InChI is InChI=1S/C19H20N4O3S/c1-11-20-8-12(9-21-11)6-13-7-15(22-14-3-5-27-18(13)14)19(25)23-16-10-26-4-2-17(16)24/h3,5,7-9,16-17,24H,2,4,6,10H2,1H3,(H,23,25)/t16-,17-/m1/s1. The lowest BCUT2D eigenvalue weighted by Crippen LogP contribution is -2.49. The third kappa shape index (κ3) is 3.97. The first-order valence-corrected chi connectivity index (χ1v) is 9.69. The minimum atomic E-state index is -0.600. The highest BCUT2D eigenvalue weighted by Crippen LogP contribution is 2.26. The molecule has 0 bridgehead atoms. The van der Waals surface area contributed by atoms with Crippen LogP contribution in [0.1, 0.15) is 33.9 Å². The van der Waals surface area contributed by atoms with Crippen molar-refractivity contribution in [3.63, 3.8) is 0 Å². The Bertz CT molecular complexity index is 957. The van der Waals surface area contributed by atoms with E-state index < -0.39 is 12.1 Å². The number of aromatic nitrogens is 3. The van der Waals surface area contributed by atoms with Gasteiger partial charge in [-0.1, -0.05) is 0 Å². The predicted molar refractivity (Wildman–Crippen MR) is 102 cm³/mol. The SMILES string of the molecule is Cc1ncc(Cc2cc(C(=O)N[C@@H]3COCC[C@H]3O)nc3ccsc23)cn1. The Labute approximate surface area is 160 Å². The lowest BCUT2D eigenvalue weighted by atomic mass is 10.1. The molecule has 4 heterocycles. The van der Waals surface area contributed by atoms with E-state index in [1.165, 1.54) is 0 Å². The van der Waals surface area contributed by atoms with Gasteiger partial charge in [-0.15, -0.1) is 11.3 Å². The van der Waals surface area contributed by atoms with Gasteiger partial charge in [0.25, 0.3) is 5.91 Å². The summed E-state index contributed by atoms with van der Waals surface area (Å²) in [4.78, 5) is 25.7. The number of hydrogen-bond donors (Lipinski definition) is 2. The second-order valence-corrected chi connectivity index (χ2v) is 7.54. The molecule has 140 valence electrons. The third-order valence-electron chi connectivity index (χ3n) is 4.59. The van der Waals surface area contributed by atoms with Crippen molar-refractivity contribution in [1.29, 1.82) is 0 Å². The number of pyridine rings is 1. The van der Waals surface area contributed by atoms with Crippen molar-refractivity contribution < 1.29 is 14.6 Å². The van der Waals surface area contributed by atoms with Crippen LogP contribution in [0.15, 0.2) is 29.9 Å². The molecule has 3 aromatic rings. The first-order valence-electron chi connectivity index (χ1n) is 8.81. The molecule has 2 atom stereocenters. The number of thiophene rings is 1. The zero-order valence-electron chi connectivity index (χ0n) is 14.9. The van der Waals surface area contributed by atoms with E-state index in [1.807, 2.05) is 24.4 Å². The number of amides is 1. The van der Waals surface area contributed by atoms with Crippen LogP contribution in [-0.2, 0) is 11.2 Å². The first kappa shape index (κ1) is 18.0. The summed E-state index contributed by atoms with van der Waals surface area (Å²) in [5, 5.41) is 14.9. The summed E-state index contributed by atoms with van der Waals surface area (Å²) in [6, 6.07) is 3.30. The molecular weight excluding hydrogens is 364 g/mol. The minimum Gasteiger partial charge on any atom is -0.391 e. The molecule has 0 aromatic carbocycles. The fourth-order valence-electron chi connectivity index (χ4n) is 3.11. The topological polar surface area (TPSA) is 97.2 Å². The minimum absolute atomic E-state index is 0.306. The highest BCUT2D eigenvalue weighted by molar-refractivity contribution is 7.17. The molecule has 0 saturated carbocycles. The average Bonchev–Trinajstić information content (AvgIpc) is 3.14. The van der Waals surface area contributed by atoms with Gasteiger partial charge in [0.1, 0.15) is 11.5 Å². The van der Waals surface area contributed by atoms with Crippen LogP contribution in [0.2, 0.25) is 0 Å². The van der Waals surface area contributed by atoms with Gasteiger partial charge in [-0.3, -0.25) is 4.79 Å². The van der Waals surface area contributed by atoms with E-state index in [2.05, 4.69) is 20.3 Å². The Balaban J connectivity index is 1.61. The van der Waals surface area contributed by atoms with Gasteiger partial charge in [0.2, 0.25) is 0 Å². The molecule has 0 aliphatic carbocycles. The number of ether oxygens (including phenoxy) is 1. The molecule has 8 heteroatoms. The van der Waals surface area contributed by atoms with E-state index in [-0.39, 0.29) is 5.91 Å². The van der Waals surface area contributed by atoms with E-state index in [1.54, 1.807) is 23.7 Å². The summed E-state index contributed by atoms with van der Waals surface area (Å²) < 4.78 is 6.40. The molecule has 1 saturated heterocycles. The largest absolute Gasteiger partial charge is 0.391 e. The van der Waals surface area contributed by atoms with Crippen LogP contribution in [0.4, 0.5) is 0 Å². The molecule has 0 radical (unpaired) electrons. The number of hydrogen-bond acceptors (Lipinski definition) is 7. The number of carbonyl (C=O) groups is 1. The van der Waals surface area contributed by atoms with Gasteiger partial charge in [-0.25, -0.2) is 15.0 Å². The molecule has 2 N–H and O–H groups in total. The zero-order chi connectivity index (χ0) is 18.8. The van der Waals surface area contributed by atoms with Gasteiger partial charge in [0, 0.05) is 25.4 Å². The highest BCUT2D eigenvalue weighted by Gasteiger charge is 2.26. The molecule has 27 heavy (non-hydrogen) atoms. The van der Waals surface area contributed by atoms with Crippen LogP contribution < -0.4 is 5.32 Å². The molecule has 0 spiro atoms. The van der Waals surface area contributed by atoms with E-state index in [0.717, 1.165) is 27.2 Å². The quantitative estimate of drug-likeness (QED) is 0.713. The second kappa shape index (κ2) is 7.67. The molecule has 3 aromatic heterocycles. The summed E-state index contributed by atoms with van der Waals surface area (Å²) in [6.07, 6.45) is 4.14. The summed E-state index contributed by atoms with van der Waals surface area (Å²) >= 11 is 1.60. The predicted octanol–water partition coefficient (Wildman–Crippen LogP) is 1.87. The number of nitrogens with one attached hydrogen (secondary N) is 1. The van der Waals surface area contributed by atoms with Gasteiger partial charge in [-0.2, -0.15) is 0 Å². The Kier molecular flexibility index (Phi) is 5.11. The van der Waals surface area contributed by atoms with Crippen LogP contribution in [-0.4, -0.2) is 51.3 Å². The van der Waals surface area contributed by atoms with E-state index in [0.29, 0.717) is 31.7 Å². The van der Waals surface area contributed by atoms with E-state index >= 15 is 0 Å². The first-order chi connectivity index (χ1) is 13.1. The number of aryl methyl sites for hydroxylation is 1. The molecule has 0 unspecified atom stereocenters. The van der Waals surface area contributed by atoms with Crippen LogP contribution in [0.5, 0.6) is 0 Å². The number of carbonyl (C=O) groups excluding carboxylic acids is 1. The Hall–Kier alpha value is -2.42. The number of aliphatic hydroxyl groups excluding tert-OH is 1. The summed E-state index contributed by atoms with van der Waals surface area (Å²) in [5.41, 5.74) is 3.11. The van der Waals surface area contributed by atoms with Crippen LogP contribution in [0.3, 0.4) is 0 Å². The van der Waals surface area contributed by atoms with Crippen molar-refractivity contribution in [3.8, 4) is 0 Å². The summed E-state index contributed by atoms with van der Waals surface area (Å²) in [6.45, 7) is 2.66. The number of fused-ring (bicyclic) bond motifs is 1. The smallest absolute Gasteiger partial charge is 0.270 e. The average molecular weight is 384 g/mol. The molecule has 4 rings (SSSR count). The van der Waals surface area contributed by atoms with Crippen molar-refractivity contribution in [2.24, 2.45) is 0 Å². The van der Waals surface area contributed by atoms with Crippen LogP contribution >= 0.6 is 11.3 Å². The Morgan fingerprint density at radius 3 is 3.00 bits per heavy atom. The molecule has 7 nitrogen and oxygen atoms in total. The van der Waals surface area contributed by atoms with Crippen molar-refractivity contribution in [2.45, 2.75) is 31.9 Å². The highest BCUT2D eigenvalue weighted by atomic mass is 32.1. The fourth-order valence-corrected chi connectivity index (χ4v) is 3.96. The summed E-state index contributed by atoms with van der Waals surface area (Å²) in [5.74, 6) is 0.419. The molecule has 1 aliphatic rings. The number of aliphatic hydroxyl groups is 1. The maximum Gasteiger partial charge on any atom is 0.270 e. The fraction of sp³-hybridized carbons (Fsp3) is 0.368. The summed E-state index contributed by atoms with van der Waals surface area (Å²) in [7, 11) is 0. The lowest BCUT2D eigenvalue weighted by Gasteiger charge is -2.28. The normalized spacial score (nSPS) is 19.9. The van der Waals surface area contributed by atoms with E-state index in [9.17, 15) is 9.90 Å². The maximum absolute atomic E-state index is 12.7. The van der Waals surface area contributed by atoms with Gasteiger partial charge in [-0.05, 0) is 42.0 Å². The molecule has 1 aliphatic heterocycles. The molecular formula is C19H20N4O3S. The van der Waals surface area contributed by atoms with Crippen molar-refractivity contribution >= 4 is 27.5 Å². The monoisotopic (exact) mass is 384 g/mol. The molecule has 1 fully saturated rings. The van der Waals surface area contributed by atoms with Gasteiger partial charge < -0.3 is 15.2 Å². The van der Waals surface area contributed by atoms with Crippen molar-refractivity contribution in [3.05, 3.63) is 52.6 Å². The van der Waals surface area contributed by atoms with Gasteiger partial charge in [0.15, 0.2) is 0 Å². The number of rotatable bonds is 4. The third-order valence-corrected chi connectivity index (χ3v) is 5.57. The van der Waals surface area contributed by atoms with Gasteiger partial charge in [0.05, 0.1) is 29.0 Å².